The summed E-state index contributed by atoms with van der Waals surface area (Å²) in [5.74, 6) is -0.500. The highest BCUT2D eigenvalue weighted by atomic mass is 16.4. The summed E-state index contributed by atoms with van der Waals surface area (Å²) in [7, 11) is 0. The van der Waals surface area contributed by atoms with Gasteiger partial charge in [0.15, 0.2) is 0 Å². The van der Waals surface area contributed by atoms with E-state index >= 15 is 0 Å². The van der Waals surface area contributed by atoms with Crippen LogP contribution in [0.3, 0.4) is 0 Å². The first-order chi connectivity index (χ1) is 9.26. The fourth-order valence-corrected chi connectivity index (χ4v) is 1.62. The van der Waals surface area contributed by atoms with Crippen molar-refractivity contribution >= 4 is 28.4 Å². The van der Waals surface area contributed by atoms with Crippen LogP contribution in [0.25, 0.3) is 10.9 Å². The van der Waals surface area contributed by atoms with Crippen LogP contribution in [0.1, 0.15) is 10.7 Å². The number of carbonyl (C=O) groups excluding carboxylic acids is 1. The lowest BCUT2D eigenvalue weighted by atomic mass is 10.2. The smallest absolute Gasteiger partial charge is 0.320 e. The lowest BCUT2D eigenvalue weighted by Crippen LogP contribution is -2.13. The van der Waals surface area contributed by atoms with E-state index in [1.54, 1.807) is 6.20 Å². The molecule has 0 atom stereocenters. The van der Waals surface area contributed by atoms with Crippen molar-refractivity contribution in [3.05, 3.63) is 30.3 Å². The van der Waals surface area contributed by atoms with Gasteiger partial charge in [-0.2, -0.15) is 5.10 Å². The number of ketones is 1. The summed E-state index contributed by atoms with van der Waals surface area (Å²) in [6.07, 6.45) is 1.71. The molecule has 0 aliphatic rings. The van der Waals surface area contributed by atoms with Crippen molar-refractivity contribution in [2.75, 3.05) is 11.9 Å². The van der Waals surface area contributed by atoms with Gasteiger partial charge < -0.3 is 15.5 Å². The molecular weight excluding hydrogens is 248 g/mol. The van der Waals surface area contributed by atoms with Gasteiger partial charge in [0.1, 0.15) is 0 Å². The third-order valence-electron chi connectivity index (χ3n) is 2.54. The summed E-state index contributed by atoms with van der Waals surface area (Å²) in [5.41, 5.74) is 6.89. The molecule has 0 saturated heterocycles. The van der Waals surface area contributed by atoms with Gasteiger partial charge in [-0.3, -0.25) is 9.89 Å². The van der Waals surface area contributed by atoms with Gasteiger partial charge in [-0.1, -0.05) is 5.10 Å². The quantitative estimate of drug-likeness (QED) is 0.592. The van der Waals surface area contributed by atoms with Crippen molar-refractivity contribution in [3.63, 3.8) is 0 Å². The minimum absolute atomic E-state index is 0.102. The van der Waals surface area contributed by atoms with Crippen molar-refractivity contribution in [3.8, 4) is 0 Å². The SMILES string of the molecule is NCC(=O)c1nnc(Nc2ccc3[nH]ncc3c2)o1. The van der Waals surface area contributed by atoms with Crippen LogP contribution in [-0.4, -0.2) is 32.7 Å². The number of rotatable bonds is 4. The van der Waals surface area contributed by atoms with Crippen LogP contribution in [0.2, 0.25) is 0 Å². The van der Waals surface area contributed by atoms with Gasteiger partial charge in [0.2, 0.25) is 5.78 Å². The minimum atomic E-state index is -0.397. The Kier molecular flexibility index (Phi) is 2.69. The molecule has 3 aromatic rings. The Morgan fingerprint density at radius 3 is 3.16 bits per heavy atom. The van der Waals surface area contributed by atoms with Crippen molar-refractivity contribution < 1.29 is 9.21 Å². The summed E-state index contributed by atoms with van der Waals surface area (Å²) in [6, 6.07) is 5.70. The number of carbonyl (C=O) groups is 1. The molecule has 0 saturated carbocycles. The lowest BCUT2D eigenvalue weighted by Gasteiger charge is -2.00. The highest BCUT2D eigenvalue weighted by molar-refractivity contribution is 5.93. The number of H-pyrrole nitrogens is 1. The number of Topliss-reactive ketones (excluding diaryl/α,β-unsaturated/α-hetero) is 1. The van der Waals surface area contributed by atoms with Gasteiger partial charge in [0, 0.05) is 11.1 Å². The fraction of sp³-hybridized carbons (Fsp3) is 0.0909. The first kappa shape index (κ1) is 11.4. The predicted octanol–water partition coefficient (Wildman–Crippen LogP) is 0.831. The number of nitrogens with two attached hydrogens (primary N) is 1. The predicted molar refractivity (Wildman–Crippen MR) is 67.1 cm³/mol. The van der Waals surface area contributed by atoms with E-state index in [4.69, 9.17) is 10.2 Å². The number of aromatic nitrogens is 4. The Morgan fingerprint density at radius 1 is 1.42 bits per heavy atom. The van der Waals surface area contributed by atoms with E-state index in [1.165, 1.54) is 0 Å². The van der Waals surface area contributed by atoms with E-state index in [0.29, 0.717) is 0 Å². The highest BCUT2D eigenvalue weighted by Gasteiger charge is 2.13. The third kappa shape index (κ3) is 2.16. The molecule has 0 fully saturated rings. The number of hydrogen-bond donors (Lipinski definition) is 3. The number of nitrogens with one attached hydrogen (secondary N) is 2. The molecule has 0 radical (unpaired) electrons. The number of benzene rings is 1. The zero-order chi connectivity index (χ0) is 13.2. The van der Waals surface area contributed by atoms with Gasteiger partial charge in [0.05, 0.1) is 18.3 Å². The number of anilines is 2. The molecule has 2 aromatic heterocycles. The monoisotopic (exact) mass is 258 g/mol. The van der Waals surface area contributed by atoms with E-state index in [9.17, 15) is 4.79 Å². The maximum Gasteiger partial charge on any atom is 0.320 e. The molecule has 0 spiro atoms. The average molecular weight is 258 g/mol. The molecule has 0 aliphatic heterocycles. The summed E-state index contributed by atoms with van der Waals surface area (Å²) in [6.45, 7) is -0.164. The van der Waals surface area contributed by atoms with Gasteiger partial charge >= 0.3 is 6.01 Å². The molecule has 4 N–H and O–H groups in total. The molecule has 0 unspecified atom stereocenters. The van der Waals surface area contributed by atoms with Crippen molar-refractivity contribution in [2.24, 2.45) is 5.73 Å². The molecule has 8 nitrogen and oxygen atoms in total. The Labute approximate surface area is 107 Å². The molecule has 1 aromatic carbocycles. The number of aromatic amines is 1. The van der Waals surface area contributed by atoms with E-state index in [0.717, 1.165) is 16.6 Å². The van der Waals surface area contributed by atoms with E-state index in [-0.39, 0.29) is 18.5 Å². The Morgan fingerprint density at radius 2 is 2.32 bits per heavy atom. The van der Waals surface area contributed by atoms with Crippen LogP contribution in [0.4, 0.5) is 11.7 Å². The fourth-order valence-electron chi connectivity index (χ4n) is 1.62. The first-order valence-electron chi connectivity index (χ1n) is 5.53. The summed E-state index contributed by atoms with van der Waals surface area (Å²) in [4.78, 5) is 11.3. The van der Waals surface area contributed by atoms with E-state index in [1.807, 2.05) is 18.2 Å². The number of fused-ring (bicyclic) bond motifs is 1. The van der Waals surface area contributed by atoms with Crippen LogP contribution < -0.4 is 11.1 Å². The van der Waals surface area contributed by atoms with Gasteiger partial charge in [-0.05, 0) is 18.2 Å². The molecular formula is C11H10N6O2. The third-order valence-corrected chi connectivity index (χ3v) is 2.54. The Bertz CT molecular complexity index is 731. The van der Waals surface area contributed by atoms with Crippen molar-refractivity contribution in [1.82, 2.24) is 20.4 Å². The second-order valence-electron chi connectivity index (χ2n) is 3.84. The first-order valence-corrected chi connectivity index (χ1v) is 5.53. The Balaban J connectivity index is 1.83. The number of hydrogen-bond acceptors (Lipinski definition) is 7. The molecule has 0 amide bonds. The van der Waals surface area contributed by atoms with Gasteiger partial charge in [-0.25, -0.2) is 0 Å². The van der Waals surface area contributed by atoms with E-state index in [2.05, 4.69) is 25.7 Å². The maximum absolute atomic E-state index is 11.3. The van der Waals surface area contributed by atoms with Gasteiger partial charge in [0.25, 0.3) is 5.89 Å². The van der Waals surface area contributed by atoms with Crippen LogP contribution in [0.15, 0.2) is 28.8 Å². The standard InChI is InChI=1S/C11H10N6O2/c12-4-9(18)10-16-17-11(19-10)14-7-1-2-8-6(3-7)5-13-15-8/h1-3,5H,4,12H2,(H,13,15)(H,14,17). The topological polar surface area (TPSA) is 123 Å². The Hall–Kier alpha value is -2.74. The summed E-state index contributed by atoms with van der Waals surface area (Å²) < 4.78 is 5.15. The minimum Gasteiger partial charge on any atom is -0.400 e. The summed E-state index contributed by atoms with van der Waals surface area (Å²) >= 11 is 0. The maximum atomic E-state index is 11.3. The van der Waals surface area contributed by atoms with Crippen LogP contribution in [0, 0.1) is 0 Å². The largest absolute Gasteiger partial charge is 0.400 e. The molecule has 2 heterocycles. The average Bonchev–Trinajstić information content (AvgIpc) is 3.06. The van der Waals surface area contributed by atoms with E-state index < -0.39 is 5.78 Å². The normalized spacial score (nSPS) is 10.8. The van der Waals surface area contributed by atoms with Crippen molar-refractivity contribution in [1.29, 1.82) is 0 Å². The van der Waals surface area contributed by atoms with Crippen molar-refractivity contribution in [2.45, 2.75) is 0 Å². The van der Waals surface area contributed by atoms with Crippen LogP contribution in [0.5, 0.6) is 0 Å². The zero-order valence-corrected chi connectivity index (χ0v) is 9.75. The van der Waals surface area contributed by atoms with Crippen LogP contribution >= 0.6 is 0 Å². The molecule has 19 heavy (non-hydrogen) atoms. The molecule has 96 valence electrons. The highest BCUT2D eigenvalue weighted by Crippen LogP contribution is 2.20. The molecule has 0 bridgehead atoms. The molecule has 0 aliphatic carbocycles. The second kappa shape index (κ2) is 4.50. The molecule has 8 heteroatoms. The summed E-state index contributed by atoms with van der Waals surface area (Å²) in [5, 5.41) is 18.0. The van der Waals surface area contributed by atoms with Gasteiger partial charge in [-0.15, -0.1) is 5.10 Å². The zero-order valence-electron chi connectivity index (χ0n) is 9.75. The second-order valence-corrected chi connectivity index (χ2v) is 3.84. The lowest BCUT2D eigenvalue weighted by molar-refractivity contribution is 0.0969. The van der Waals surface area contributed by atoms with Crippen LogP contribution in [-0.2, 0) is 0 Å². The number of nitrogens with zero attached hydrogens (tertiary/aromatic N) is 3. The molecule has 3 rings (SSSR count).